The van der Waals surface area contributed by atoms with E-state index in [4.69, 9.17) is 9.72 Å². The van der Waals surface area contributed by atoms with E-state index < -0.39 is 5.41 Å². The first-order valence-corrected chi connectivity index (χ1v) is 11.5. The summed E-state index contributed by atoms with van der Waals surface area (Å²) < 4.78 is 18.6. The van der Waals surface area contributed by atoms with Crippen LogP contribution in [0.25, 0.3) is 0 Å². The second-order valence-electron chi connectivity index (χ2n) is 8.92. The number of benzene rings is 2. The lowest BCUT2D eigenvalue weighted by molar-refractivity contribution is -0.134. The van der Waals surface area contributed by atoms with Crippen LogP contribution in [-0.4, -0.2) is 54.1 Å². The fourth-order valence-electron chi connectivity index (χ4n) is 4.51. The molecule has 2 aromatic carbocycles. The molecule has 1 saturated carbocycles. The van der Waals surface area contributed by atoms with Crippen molar-refractivity contribution in [2.24, 2.45) is 0 Å². The van der Waals surface area contributed by atoms with Gasteiger partial charge in [0.05, 0.1) is 12.5 Å². The molecule has 0 unspecified atom stereocenters. The van der Waals surface area contributed by atoms with Crippen LogP contribution < -0.4 is 15.0 Å². The third-order valence-electron chi connectivity index (χ3n) is 6.61. The summed E-state index contributed by atoms with van der Waals surface area (Å²) in [5.74, 6) is 2.04. The van der Waals surface area contributed by atoms with Gasteiger partial charge in [-0.15, -0.1) is 0 Å². The zero-order valence-corrected chi connectivity index (χ0v) is 19.4. The van der Waals surface area contributed by atoms with Gasteiger partial charge in [0, 0.05) is 43.6 Å². The molecule has 1 amide bonds. The van der Waals surface area contributed by atoms with Gasteiger partial charge in [-0.3, -0.25) is 4.79 Å². The molecule has 176 valence electrons. The number of hydrogen-bond donors (Lipinski definition) is 1. The third-order valence-corrected chi connectivity index (χ3v) is 6.61. The molecule has 0 atom stereocenters. The molecule has 8 heteroatoms. The molecule has 34 heavy (non-hydrogen) atoms. The zero-order valence-electron chi connectivity index (χ0n) is 19.4. The number of anilines is 3. The van der Waals surface area contributed by atoms with Crippen LogP contribution in [0.4, 0.5) is 21.8 Å². The number of nitrogens with zero attached hydrogens (tertiary/aromatic N) is 4. The van der Waals surface area contributed by atoms with Crippen LogP contribution in [0.15, 0.2) is 54.6 Å². The van der Waals surface area contributed by atoms with Crippen LogP contribution in [0.3, 0.4) is 0 Å². The zero-order chi connectivity index (χ0) is 23.7. The highest BCUT2D eigenvalue weighted by atomic mass is 19.1. The van der Waals surface area contributed by atoms with Gasteiger partial charge in [-0.25, -0.2) is 9.37 Å². The van der Waals surface area contributed by atoms with Crippen molar-refractivity contribution < 1.29 is 13.9 Å². The molecule has 1 N–H and O–H groups in total. The van der Waals surface area contributed by atoms with Gasteiger partial charge < -0.3 is 19.9 Å². The summed E-state index contributed by atoms with van der Waals surface area (Å²) in [6.07, 6.45) is 1.64. The van der Waals surface area contributed by atoms with Crippen molar-refractivity contribution in [2.45, 2.75) is 25.2 Å². The number of methoxy groups -OCH3 is 1. The summed E-state index contributed by atoms with van der Waals surface area (Å²) >= 11 is 0. The fourth-order valence-corrected chi connectivity index (χ4v) is 4.51. The number of aromatic nitrogens is 2. The molecule has 0 bridgehead atoms. The van der Waals surface area contributed by atoms with E-state index in [0.717, 1.165) is 41.4 Å². The highest BCUT2D eigenvalue weighted by Gasteiger charge is 2.53. The van der Waals surface area contributed by atoms with Gasteiger partial charge in [0.1, 0.15) is 17.4 Å². The third kappa shape index (κ3) is 4.40. The maximum Gasteiger partial charge on any atom is 0.233 e. The predicted molar refractivity (Wildman–Crippen MR) is 129 cm³/mol. The van der Waals surface area contributed by atoms with E-state index in [-0.39, 0.29) is 11.7 Å². The van der Waals surface area contributed by atoms with E-state index in [1.807, 2.05) is 42.2 Å². The first-order valence-electron chi connectivity index (χ1n) is 11.5. The Kier molecular flexibility index (Phi) is 5.81. The van der Waals surface area contributed by atoms with E-state index >= 15 is 0 Å². The Balaban J connectivity index is 1.24. The molecule has 2 fully saturated rings. The lowest BCUT2D eigenvalue weighted by Crippen LogP contribution is -2.52. The van der Waals surface area contributed by atoms with Crippen LogP contribution in [0, 0.1) is 12.7 Å². The van der Waals surface area contributed by atoms with E-state index in [1.165, 1.54) is 12.1 Å². The van der Waals surface area contributed by atoms with Crippen LogP contribution >= 0.6 is 0 Å². The maximum atomic E-state index is 13.3. The van der Waals surface area contributed by atoms with Crippen LogP contribution in [0.2, 0.25) is 0 Å². The molecule has 1 aliphatic heterocycles. The molecule has 1 aliphatic carbocycles. The van der Waals surface area contributed by atoms with Gasteiger partial charge in [-0.05, 0) is 61.7 Å². The Labute approximate surface area is 198 Å². The second-order valence-corrected chi connectivity index (χ2v) is 8.92. The standard InChI is InChI=1S/C26H28FN5O2/c1-18-17-23(29-21-7-9-22(34-2)10-8-21)30-25(28-18)32-15-13-31(14-16-32)24(33)26(11-12-26)19-3-5-20(27)6-4-19/h3-10,17H,11-16H2,1-2H3,(H,28,29,30). The van der Waals surface area contributed by atoms with Crippen molar-refractivity contribution >= 4 is 23.4 Å². The number of amides is 1. The SMILES string of the molecule is COc1ccc(Nc2cc(C)nc(N3CCN(C(=O)C4(c5ccc(F)cc5)CC4)CC3)n2)cc1. The van der Waals surface area contributed by atoms with E-state index in [9.17, 15) is 9.18 Å². The molecule has 0 radical (unpaired) electrons. The molecule has 1 saturated heterocycles. The van der Waals surface area contributed by atoms with Crippen LogP contribution in [-0.2, 0) is 10.2 Å². The van der Waals surface area contributed by atoms with Gasteiger partial charge >= 0.3 is 0 Å². The van der Waals surface area contributed by atoms with E-state index in [1.54, 1.807) is 19.2 Å². The minimum Gasteiger partial charge on any atom is -0.497 e. The Morgan fingerprint density at radius 3 is 2.29 bits per heavy atom. The number of hydrogen-bond acceptors (Lipinski definition) is 6. The minimum absolute atomic E-state index is 0.144. The summed E-state index contributed by atoms with van der Waals surface area (Å²) in [5.41, 5.74) is 2.21. The topological polar surface area (TPSA) is 70.6 Å². The summed E-state index contributed by atoms with van der Waals surface area (Å²) in [7, 11) is 1.64. The monoisotopic (exact) mass is 461 g/mol. The van der Waals surface area contributed by atoms with Gasteiger partial charge in [0.25, 0.3) is 0 Å². The first kappa shape index (κ1) is 22.1. The highest BCUT2D eigenvalue weighted by molar-refractivity contribution is 5.91. The summed E-state index contributed by atoms with van der Waals surface area (Å²) in [4.78, 5) is 26.7. The highest BCUT2D eigenvalue weighted by Crippen LogP contribution is 2.49. The summed E-state index contributed by atoms with van der Waals surface area (Å²) in [6.45, 7) is 4.50. The number of carbonyl (C=O) groups excluding carboxylic acids is 1. The molecular weight excluding hydrogens is 433 g/mol. The molecule has 2 heterocycles. The minimum atomic E-state index is -0.481. The quantitative estimate of drug-likeness (QED) is 0.597. The number of rotatable bonds is 6. The normalized spacial score (nSPS) is 16.8. The Hall–Kier alpha value is -3.68. The molecule has 0 spiro atoms. The van der Waals surface area contributed by atoms with Gasteiger partial charge in [-0.1, -0.05) is 12.1 Å². The van der Waals surface area contributed by atoms with Crippen molar-refractivity contribution in [1.82, 2.24) is 14.9 Å². The molecule has 2 aliphatic rings. The van der Waals surface area contributed by atoms with Gasteiger partial charge in [0.15, 0.2) is 0 Å². The smallest absolute Gasteiger partial charge is 0.233 e. The maximum absolute atomic E-state index is 13.3. The Morgan fingerprint density at radius 2 is 1.68 bits per heavy atom. The first-order chi connectivity index (χ1) is 16.5. The average molecular weight is 462 g/mol. The molecule has 5 rings (SSSR count). The van der Waals surface area contributed by atoms with Crippen molar-refractivity contribution in [3.63, 3.8) is 0 Å². The van der Waals surface area contributed by atoms with E-state index in [2.05, 4.69) is 15.2 Å². The fraction of sp³-hybridized carbons (Fsp3) is 0.346. The number of aryl methyl sites for hydroxylation is 1. The lowest BCUT2D eigenvalue weighted by Gasteiger charge is -2.37. The average Bonchev–Trinajstić information content (AvgIpc) is 3.66. The van der Waals surface area contributed by atoms with Gasteiger partial charge in [-0.2, -0.15) is 4.98 Å². The number of carbonyl (C=O) groups is 1. The van der Waals surface area contributed by atoms with Crippen LogP contribution in [0.5, 0.6) is 5.75 Å². The van der Waals surface area contributed by atoms with E-state index in [0.29, 0.717) is 32.1 Å². The molecule has 1 aromatic heterocycles. The molecule has 7 nitrogen and oxygen atoms in total. The number of ether oxygens (including phenoxy) is 1. The summed E-state index contributed by atoms with van der Waals surface area (Å²) in [6, 6.07) is 15.9. The van der Waals surface area contributed by atoms with Crippen molar-refractivity contribution in [3.05, 3.63) is 71.7 Å². The van der Waals surface area contributed by atoms with Crippen LogP contribution in [0.1, 0.15) is 24.1 Å². The Morgan fingerprint density at radius 1 is 1.00 bits per heavy atom. The number of piperazine rings is 1. The summed E-state index contributed by atoms with van der Waals surface area (Å²) in [5, 5.41) is 3.33. The molecule has 3 aromatic rings. The lowest BCUT2D eigenvalue weighted by atomic mass is 9.94. The predicted octanol–water partition coefficient (Wildman–Crippen LogP) is 4.06. The largest absolute Gasteiger partial charge is 0.497 e. The second kappa shape index (κ2) is 8.93. The number of halogens is 1. The van der Waals surface area contributed by atoms with Gasteiger partial charge in [0.2, 0.25) is 11.9 Å². The number of nitrogens with one attached hydrogen (secondary N) is 1. The van der Waals surface area contributed by atoms with Crippen molar-refractivity contribution in [2.75, 3.05) is 43.5 Å². The van der Waals surface area contributed by atoms with Crippen molar-refractivity contribution in [3.8, 4) is 5.75 Å². The Bertz CT molecular complexity index is 1170. The molecular formula is C26H28FN5O2. The van der Waals surface area contributed by atoms with Crippen molar-refractivity contribution in [1.29, 1.82) is 0 Å².